The van der Waals surface area contributed by atoms with E-state index in [4.69, 9.17) is 16.3 Å². The Hall–Kier alpha value is -2.09. The number of carbonyl (C=O) groups is 1. The van der Waals surface area contributed by atoms with Gasteiger partial charge in [-0.15, -0.1) is 0 Å². The normalized spacial score (nSPS) is 12.7. The molecule has 0 aliphatic rings. The Bertz CT molecular complexity index is 974. The van der Waals surface area contributed by atoms with E-state index in [9.17, 15) is 13.2 Å². The summed E-state index contributed by atoms with van der Waals surface area (Å²) in [6.45, 7) is 7.22. The molecule has 28 heavy (non-hydrogen) atoms. The van der Waals surface area contributed by atoms with Crippen LogP contribution in [-0.2, 0) is 14.8 Å². The van der Waals surface area contributed by atoms with Gasteiger partial charge in [-0.05, 0) is 61.2 Å². The quantitative estimate of drug-likeness (QED) is 0.701. The first-order valence-electron chi connectivity index (χ1n) is 8.82. The lowest BCUT2D eigenvalue weighted by Gasteiger charge is -2.18. The van der Waals surface area contributed by atoms with E-state index < -0.39 is 22.0 Å². The number of hydrogen-bond acceptors (Lipinski definition) is 4. The monoisotopic (exact) mass is 424 g/mol. The molecule has 2 aromatic rings. The van der Waals surface area contributed by atoms with Crippen LogP contribution in [0.5, 0.6) is 5.75 Å². The standard InChI is InChI=1S/C20H25ClN2O4S/c1-12(2)15-6-9-18(27-5)19(11-15)28(25,26)23-14(4)20(24)22-17-8-7-16(21)10-13(17)3/h6-12,14,23H,1-5H3,(H,22,24). The minimum absolute atomic E-state index is 0.00326. The first kappa shape index (κ1) is 22.2. The summed E-state index contributed by atoms with van der Waals surface area (Å²) in [6, 6.07) is 9.06. The molecule has 0 bridgehead atoms. The maximum absolute atomic E-state index is 12.9. The van der Waals surface area contributed by atoms with Crippen LogP contribution < -0.4 is 14.8 Å². The van der Waals surface area contributed by atoms with Crippen molar-refractivity contribution in [3.63, 3.8) is 0 Å². The number of hydrogen-bond donors (Lipinski definition) is 2. The third-order valence-electron chi connectivity index (χ3n) is 4.32. The van der Waals surface area contributed by atoms with Crippen LogP contribution in [0.25, 0.3) is 0 Å². The first-order chi connectivity index (χ1) is 13.0. The molecule has 1 unspecified atom stereocenters. The molecule has 0 saturated carbocycles. The fourth-order valence-electron chi connectivity index (χ4n) is 2.62. The minimum Gasteiger partial charge on any atom is -0.495 e. The Balaban J connectivity index is 2.23. The van der Waals surface area contributed by atoms with Gasteiger partial charge in [0.1, 0.15) is 10.6 Å². The van der Waals surface area contributed by atoms with Crippen molar-refractivity contribution in [2.75, 3.05) is 12.4 Å². The molecule has 2 N–H and O–H groups in total. The number of sulfonamides is 1. The van der Waals surface area contributed by atoms with Crippen molar-refractivity contribution < 1.29 is 17.9 Å². The molecule has 152 valence electrons. The Labute approximate surface area is 171 Å². The molecular weight excluding hydrogens is 400 g/mol. The summed E-state index contributed by atoms with van der Waals surface area (Å²) >= 11 is 5.92. The Morgan fingerprint density at radius 3 is 2.36 bits per heavy atom. The second-order valence-corrected chi connectivity index (χ2v) is 8.98. The number of halogens is 1. The smallest absolute Gasteiger partial charge is 0.244 e. The molecule has 0 radical (unpaired) electrons. The fourth-order valence-corrected chi connectivity index (χ4v) is 4.25. The first-order valence-corrected chi connectivity index (χ1v) is 10.7. The van der Waals surface area contributed by atoms with Crippen molar-refractivity contribution in [3.05, 3.63) is 52.5 Å². The van der Waals surface area contributed by atoms with Crippen LogP contribution in [0.15, 0.2) is 41.3 Å². The van der Waals surface area contributed by atoms with Crippen molar-refractivity contribution >= 4 is 33.2 Å². The highest BCUT2D eigenvalue weighted by Crippen LogP contribution is 2.28. The van der Waals surface area contributed by atoms with Crippen molar-refractivity contribution in [2.24, 2.45) is 0 Å². The van der Waals surface area contributed by atoms with Crippen molar-refractivity contribution in [3.8, 4) is 5.75 Å². The Kier molecular flexibility index (Phi) is 7.09. The predicted molar refractivity (Wildman–Crippen MR) is 112 cm³/mol. The lowest BCUT2D eigenvalue weighted by atomic mass is 10.0. The highest BCUT2D eigenvalue weighted by molar-refractivity contribution is 7.89. The van der Waals surface area contributed by atoms with Gasteiger partial charge in [0.2, 0.25) is 15.9 Å². The van der Waals surface area contributed by atoms with Gasteiger partial charge in [0.05, 0.1) is 13.2 Å². The molecule has 0 heterocycles. The average Bonchev–Trinajstić information content (AvgIpc) is 2.62. The molecule has 0 aliphatic heterocycles. The van der Waals surface area contributed by atoms with Gasteiger partial charge in [0.15, 0.2) is 0 Å². The number of anilines is 1. The van der Waals surface area contributed by atoms with Crippen LogP contribution in [0.4, 0.5) is 5.69 Å². The number of amides is 1. The van der Waals surface area contributed by atoms with E-state index in [-0.39, 0.29) is 16.6 Å². The summed E-state index contributed by atoms with van der Waals surface area (Å²) in [4.78, 5) is 12.5. The van der Waals surface area contributed by atoms with Gasteiger partial charge >= 0.3 is 0 Å². The van der Waals surface area contributed by atoms with Crippen molar-refractivity contribution in [2.45, 2.75) is 44.6 Å². The van der Waals surface area contributed by atoms with E-state index in [1.165, 1.54) is 14.0 Å². The molecule has 6 nitrogen and oxygen atoms in total. The Morgan fingerprint density at radius 1 is 1.11 bits per heavy atom. The molecule has 8 heteroatoms. The zero-order valence-corrected chi connectivity index (χ0v) is 18.1. The molecular formula is C20H25ClN2O4S. The molecule has 1 atom stereocenters. The molecule has 0 aliphatic carbocycles. The second kappa shape index (κ2) is 8.94. The largest absolute Gasteiger partial charge is 0.495 e. The van der Waals surface area contributed by atoms with E-state index in [0.29, 0.717) is 10.7 Å². The second-order valence-electron chi connectivity index (χ2n) is 6.86. The number of carbonyl (C=O) groups excluding carboxylic acids is 1. The molecule has 0 spiro atoms. The van der Waals surface area contributed by atoms with Crippen LogP contribution in [-0.4, -0.2) is 27.5 Å². The van der Waals surface area contributed by atoms with Gasteiger partial charge in [-0.25, -0.2) is 8.42 Å². The van der Waals surface area contributed by atoms with Gasteiger partial charge < -0.3 is 10.1 Å². The number of benzene rings is 2. The lowest BCUT2D eigenvalue weighted by Crippen LogP contribution is -2.41. The molecule has 0 aromatic heterocycles. The van der Waals surface area contributed by atoms with Gasteiger partial charge in [-0.1, -0.05) is 31.5 Å². The topological polar surface area (TPSA) is 84.5 Å². The van der Waals surface area contributed by atoms with E-state index in [1.807, 2.05) is 19.9 Å². The zero-order chi connectivity index (χ0) is 21.1. The summed E-state index contributed by atoms with van der Waals surface area (Å²) in [6.07, 6.45) is 0. The van der Waals surface area contributed by atoms with Crippen LogP contribution in [0.3, 0.4) is 0 Å². The maximum Gasteiger partial charge on any atom is 0.244 e. The highest BCUT2D eigenvalue weighted by atomic mass is 35.5. The SMILES string of the molecule is COc1ccc(C(C)C)cc1S(=O)(=O)NC(C)C(=O)Nc1ccc(Cl)cc1C. The summed E-state index contributed by atoms with van der Waals surface area (Å²) in [5.41, 5.74) is 2.21. The predicted octanol–water partition coefficient (Wildman–Crippen LogP) is 4.09. The van der Waals surface area contributed by atoms with E-state index >= 15 is 0 Å². The van der Waals surface area contributed by atoms with Gasteiger partial charge in [-0.3, -0.25) is 4.79 Å². The number of methoxy groups -OCH3 is 1. The molecule has 2 rings (SSSR count). The fraction of sp³-hybridized carbons (Fsp3) is 0.350. The maximum atomic E-state index is 12.9. The third-order valence-corrected chi connectivity index (χ3v) is 6.11. The van der Waals surface area contributed by atoms with Crippen LogP contribution >= 0.6 is 11.6 Å². The number of nitrogens with one attached hydrogen (secondary N) is 2. The Morgan fingerprint density at radius 2 is 1.79 bits per heavy atom. The van der Waals surface area contributed by atoms with Gasteiger partial charge in [0.25, 0.3) is 0 Å². The summed E-state index contributed by atoms with van der Waals surface area (Å²) in [7, 11) is -2.56. The van der Waals surface area contributed by atoms with E-state index in [0.717, 1.165) is 11.1 Å². The minimum atomic E-state index is -3.97. The van der Waals surface area contributed by atoms with Crippen LogP contribution in [0, 0.1) is 6.92 Å². The van der Waals surface area contributed by atoms with Crippen LogP contribution in [0.2, 0.25) is 5.02 Å². The third kappa shape index (κ3) is 5.25. The average molecular weight is 425 g/mol. The summed E-state index contributed by atoms with van der Waals surface area (Å²) in [5.74, 6) is -0.112. The highest BCUT2D eigenvalue weighted by Gasteiger charge is 2.26. The van der Waals surface area contributed by atoms with E-state index in [1.54, 1.807) is 37.3 Å². The summed E-state index contributed by atoms with van der Waals surface area (Å²) in [5, 5.41) is 3.27. The zero-order valence-electron chi connectivity index (χ0n) is 16.5. The van der Waals surface area contributed by atoms with Crippen LogP contribution in [0.1, 0.15) is 37.8 Å². The van der Waals surface area contributed by atoms with Crippen molar-refractivity contribution in [1.29, 1.82) is 0 Å². The molecule has 2 aromatic carbocycles. The number of aryl methyl sites for hydroxylation is 1. The number of ether oxygens (including phenoxy) is 1. The summed E-state index contributed by atoms with van der Waals surface area (Å²) < 4.78 is 33.4. The van der Waals surface area contributed by atoms with Gasteiger partial charge in [-0.2, -0.15) is 4.72 Å². The van der Waals surface area contributed by atoms with Gasteiger partial charge in [0, 0.05) is 10.7 Å². The molecule has 1 amide bonds. The van der Waals surface area contributed by atoms with E-state index in [2.05, 4.69) is 10.0 Å². The number of rotatable bonds is 7. The molecule has 0 fully saturated rings. The van der Waals surface area contributed by atoms with Crippen molar-refractivity contribution in [1.82, 2.24) is 4.72 Å². The lowest BCUT2D eigenvalue weighted by molar-refractivity contribution is -0.117. The molecule has 0 saturated heterocycles.